The maximum absolute atomic E-state index is 12.7. The number of piperazine rings is 1. The van der Waals surface area contributed by atoms with Crippen LogP contribution in [0.5, 0.6) is 0 Å². The third-order valence-electron chi connectivity index (χ3n) is 4.78. The predicted molar refractivity (Wildman–Crippen MR) is 108 cm³/mol. The Kier molecular flexibility index (Phi) is 6.01. The fraction of sp³-hybridized carbons (Fsp3) is 0.333. The first-order valence-corrected chi connectivity index (χ1v) is 9.48. The SMILES string of the molecule is Cc1cccc(N2CCN(C(=O)C(C)NC(=O)c3ccc(Cl)cc3)CC2)c1. The zero-order valence-corrected chi connectivity index (χ0v) is 16.4. The Morgan fingerprint density at radius 2 is 1.70 bits per heavy atom. The zero-order chi connectivity index (χ0) is 19.4. The molecule has 1 saturated heterocycles. The Bertz CT molecular complexity index is 814. The molecule has 1 fully saturated rings. The number of carbonyl (C=O) groups is 2. The van der Waals surface area contributed by atoms with Crippen LogP contribution in [-0.4, -0.2) is 48.9 Å². The van der Waals surface area contributed by atoms with Gasteiger partial charge in [0.15, 0.2) is 0 Å². The van der Waals surface area contributed by atoms with E-state index in [-0.39, 0.29) is 11.8 Å². The molecule has 1 aliphatic heterocycles. The molecule has 1 aliphatic rings. The minimum Gasteiger partial charge on any atom is -0.368 e. The van der Waals surface area contributed by atoms with Crippen LogP contribution in [0.4, 0.5) is 5.69 Å². The second-order valence-corrected chi connectivity index (χ2v) is 7.29. The summed E-state index contributed by atoms with van der Waals surface area (Å²) in [6.07, 6.45) is 0. The van der Waals surface area contributed by atoms with Crippen LogP contribution in [0.25, 0.3) is 0 Å². The molecule has 2 amide bonds. The summed E-state index contributed by atoms with van der Waals surface area (Å²) in [6, 6.07) is 14.4. The number of carbonyl (C=O) groups excluding carboxylic acids is 2. The predicted octanol–water partition coefficient (Wildman–Crippen LogP) is 3.12. The van der Waals surface area contributed by atoms with Gasteiger partial charge < -0.3 is 15.1 Å². The summed E-state index contributed by atoms with van der Waals surface area (Å²) < 4.78 is 0. The molecule has 1 heterocycles. The average Bonchev–Trinajstić information content (AvgIpc) is 2.68. The Labute approximate surface area is 164 Å². The molecular formula is C21H24ClN3O2. The molecule has 2 aromatic carbocycles. The van der Waals surface area contributed by atoms with Crippen molar-refractivity contribution in [2.24, 2.45) is 0 Å². The molecular weight excluding hydrogens is 362 g/mol. The van der Waals surface area contributed by atoms with Crippen LogP contribution in [-0.2, 0) is 4.79 Å². The number of aryl methyl sites for hydroxylation is 1. The van der Waals surface area contributed by atoms with Gasteiger partial charge >= 0.3 is 0 Å². The Morgan fingerprint density at radius 3 is 2.33 bits per heavy atom. The van der Waals surface area contributed by atoms with Gasteiger partial charge in [-0.1, -0.05) is 23.7 Å². The first kappa shape index (κ1) is 19.2. The van der Waals surface area contributed by atoms with E-state index in [1.807, 2.05) is 4.90 Å². The highest BCUT2D eigenvalue weighted by Crippen LogP contribution is 2.18. The molecule has 0 bridgehead atoms. The van der Waals surface area contributed by atoms with Crippen LogP contribution in [0.3, 0.4) is 0 Å². The Hall–Kier alpha value is -2.53. The minimum atomic E-state index is -0.571. The standard InChI is InChI=1S/C21H24ClN3O2/c1-15-4-3-5-19(14-15)24-10-12-25(13-11-24)21(27)16(2)23-20(26)17-6-8-18(22)9-7-17/h3-9,14,16H,10-13H2,1-2H3,(H,23,26). The minimum absolute atomic E-state index is 0.0544. The van der Waals surface area contributed by atoms with Gasteiger partial charge in [-0.05, 0) is 55.8 Å². The number of hydrogen-bond acceptors (Lipinski definition) is 3. The van der Waals surface area contributed by atoms with Crippen LogP contribution in [0.15, 0.2) is 48.5 Å². The first-order chi connectivity index (χ1) is 12.9. The van der Waals surface area contributed by atoms with Crippen LogP contribution in [0.1, 0.15) is 22.8 Å². The van der Waals surface area contributed by atoms with E-state index in [4.69, 9.17) is 11.6 Å². The molecule has 1 unspecified atom stereocenters. The van der Waals surface area contributed by atoms with Gasteiger partial charge in [0.25, 0.3) is 5.91 Å². The highest BCUT2D eigenvalue weighted by atomic mass is 35.5. The molecule has 27 heavy (non-hydrogen) atoms. The van der Waals surface area contributed by atoms with Gasteiger partial charge in [-0.15, -0.1) is 0 Å². The largest absolute Gasteiger partial charge is 0.368 e. The van der Waals surface area contributed by atoms with Gasteiger partial charge in [0.2, 0.25) is 5.91 Å². The molecule has 3 rings (SSSR count). The van der Waals surface area contributed by atoms with Crippen molar-refractivity contribution in [1.82, 2.24) is 10.2 Å². The number of benzene rings is 2. The van der Waals surface area contributed by atoms with E-state index in [9.17, 15) is 9.59 Å². The van der Waals surface area contributed by atoms with Crippen molar-refractivity contribution in [3.63, 3.8) is 0 Å². The molecule has 0 radical (unpaired) electrons. The van der Waals surface area contributed by atoms with Gasteiger partial charge in [-0.2, -0.15) is 0 Å². The topological polar surface area (TPSA) is 52.6 Å². The van der Waals surface area contributed by atoms with Crippen molar-refractivity contribution < 1.29 is 9.59 Å². The summed E-state index contributed by atoms with van der Waals surface area (Å²) in [4.78, 5) is 29.1. The number of hydrogen-bond donors (Lipinski definition) is 1. The fourth-order valence-corrected chi connectivity index (χ4v) is 3.35. The zero-order valence-electron chi connectivity index (χ0n) is 15.6. The number of nitrogens with zero attached hydrogens (tertiary/aromatic N) is 2. The summed E-state index contributed by atoms with van der Waals surface area (Å²) in [6.45, 7) is 6.67. The maximum atomic E-state index is 12.7. The van der Waals surface area contributed by atoms with E-state index >= 15 is 0 Å². The van der Waals surface area contributed by atoms with Crippen LogP contribution >= 0.6 is 11.6 Å². The van der Waals surface area contributed by atoms with Gasteiger partial charge in [0.05, 0.1) is 0 Å². The number of halogens is 1. The lowest BCUT2D eigenvalue weighted by Crippen LogP contribution is -2.54. The quantitative estimate of drug-likeness (QED) is 0.879. The van der Waals surface area contributed by atoms with E-state index in [0.717, 1.165) is 13.1 Å². The molecule has 1 atom stereocenters. The van der Waals surface area contributed by atoms with Crippen LogP contribution in [0.2, 0.25) is 5.02 Å². The molecule has 0 aliphatic carbocycles. The number of anilines is 1. The third-order valence-corrected chi connectivity index (χ3v) is 5.03. The average molecular weight is 386 g/mol. The van der Waals surface area contributed by atoms with E-state index in [1.54, 1.807) is 31.2 Å². The first-order valence-electron chi connectivity index (χ1n) is 9.11. The molecule has 0 aromatic heterocycles. The molecule has 6 heteroatoms. The van der Waals surface area contributed by atoms with Crippen molar-refractivity contribution in [2.75, 3.05) is 31.1 Å². The van der Waals surface area contributed by atoms with Crippen molar-refractivity contribution in [3.8, 4) is 0 Å². The number of amides is 2. The highest BCUT2D eigenvalue weighted by Gasteiger charge is 2.26. The van der Waals surface area contributed by atoms with E-state index in [0.29, 0.717) is 23.7 Å². The smallest absolute Gasteiger partial charge is 0.251 e. The lowest BCUT2D eigenvalue weighted by atomic mass is 10.1. The van der Waals surface area contributed by atoms with Gasteiger partial charge in [-0.25, -0.2) is 0 Å². The molecule has 0 saturated carbocycles. The lowest BCUT2D eigenvalue weighted by Gasteiger charge is -2.37. The van der Waals surface area contributed by atoms with Gasteiger partial charge in [0.1, 0.15) is 6.04 Å². The Balaban J connectivity index is 1.53. The number of rotatable bonds is 4. The summed E-state index contributed by atoms with van der Waals surface area (Å²) in [5.74, 6) is -0.327. The second kappa shape index (κ2) is 8.44. The summed E-state index contributed by atoms with van der Waals surface area (Å²) >= 11 is 5.84. The monoisotopic (exact) mass is 385 g/mol. The van der Waals surface area contributed by atoms with E-state index < -0.39 is 6.04 Å². The van der Waals surface area contributed by atoms with Crippen LogP contribution < -0.4 is 10.2 Å². The van der Waals surface area contributed by atoms with Gasteiger partial charge in [-0.3, -0.25) is 9.59 Å². The summed E-state index contributed by atoms with van der Waals surface area (Å²) in [5, 5.41) is 3.35. The van der Waals surface area contributed by atoms with E-state index in [1.165, 1.54) is 11.3 Å². The normalized spacial score (nSPS) is 15.4. The van der Waals surface area contributed by atoms with E-state index in [2.05, 4.69) is 41.4 Å². The second-order valence-electron chi connectivity index (χ2n) is 6.85. The fourth-order valence-electron chi connectivity index (χ4n) is 3.23. The molecule has 142 valence electrons. The van der Waals surface area contributed by atoms with Crippen molar-refractivity contribution in [2.45, 2.75) is 19.9 Å². The summed E-state index contributed by atoms with van der Waals surface area (Å²) in [5.41, 5.74) is 2.90. The van der Waals surface area contributed by atoms with Crippen molar-refractivity contribution >= 4 is 29.1 Å². The molecule has 5 nitrogen and oxygen atoms in total. The van der Waals surface area contributed by atoms with Crippen molar-refractivity contribution in [1.29, 1.82) is 0 Å². The number of nitrogens with one attached hydrogen (secondary N) is 1. The lowest BCUT2D eigenvalue weighted by molar-refractivity contribution is -0.133. The highest BCUT2D eigenvalue weighted by molar-refractivity contribution is 6.30. The third kappa shape index (κ3) is 4.80. The van der Waals surface area contributed by atoms with Crippen LogP contribution in [0, 0.1) is 6.92 Å². The molecule has 2 aromatic rings. The Morgan fingerprint density at radius 1 is 1.04 bits per heavy atom. The van der Waals surface area contributed by atoms with Gasteiger partial charge in [0, 0.05) is 42.5 Å². The van der Waals surface area contributed by atoms with Crippen molar-refractivity contribution in [3.05, 3.63) is 64.7 Å². The molecule has 1 N–H and O–H groups in total. The summed E-state index contributed by atoms with van der Waals surface area (Å²) in [7, 11) is 0. The molecule has 0 spiro atoms. The maximum Gasteiger partial charge on any atom is 0.251 e.